The van der Waals surface area contributed by atoms with Gasteiger partial charge < -0.3 is 10.1 Å². The number of anilines is 1. The van der Waals surface area contributed by atoms with Gasteiger partial charge >= 0.3 is 5.97 Å². The Morgan fingerprint density at radius 1 is 1.36 bits per heavy atom. The fourth-order valence-corrected chi connectivity index (χ4v) is 3.39. The Morgan fingerprint density at radius 3 is 2.52 bits per heavy atom. The van der Waals surface area contributed by atoms with Gasteiger partial charge in [-0.25, -0.2) is 4.79 Å². The second-order valence-corrected chi connectivity index (χ2v) is 7.62. The van der Waals surface area contributed by atoms with Gasteiger partial charge in [0.05, 0.1) is 0 Å². The lowest BCUT2D eigenvalue weighted by atomic mass is 9.89. The van der Waals surface area contributed by atoms with Gasteiger partial charge in [0.1, 0.15) is 11.6 Å². The number of benzene rings is 1. The third-order valence-corrected chi connectivity index (χ3v) is 5.13. The molecule has 5 heteroatoms. The summed E-state index contributed by atoms with van der Waals surface area (Å²) in [5, 5.41) is 2.86. The van der Waals surface area contributed by atoms with Gasteiger partial charge in [-0.1, -0.05) is 32.9 Å². The molecule has 1 N–H and O–H groups in total. The van der Waals surface area contributed by atoms with Gasteiger partial charge in [-0.2, -0.15) is 0 Å². The van der Waals surface area contributed by atoms with E-state index < -0.39 is 11.6 Å². The smallest absolute Gasteiger partial charge is 0.328 e. The number of nitrogens with one attached hydrogen (secondary N) is 1. The molecule has 0 aromatic heterocycles. The van der Waals surface area contributed by atoms with Crippen LogP contribution in [0.2, 0.25) is 0 Å². The van der Waals surface area contributed by atoms with E-state index in [1.54, 1.807) is 0 Å². The highest BCUT2D eigenvalue weighted by Gasteiger charge is 2.46. The number of hydrogen-bond donors (Lipinski definition) is 1. The van der Waals surface area contributed by atoms with E-state index >= 15 is 0 Å². The average molecular weight is 346 g/mol. The van der Waals surface area contributed by atoms with Gasteiger partial charge in [0, 0.05) is 24.2 Å². The number of cyclic esters (lactones) is 1. The van der Waals surface area contributed by atoms with Crippen molar-refractivity contribution in [1.82, 2.24) is 4.90 Å². The predicted molar refractivity (Wildman–Crippen MR) is 99.6 cm³/mol. The first-order valence-electron chi connectivity index (χ1n) is 8.98. The Kier molecular flexibility index (Phi) is 5.57. The lowest BCUT2D eigenvalue weighted by molar-refractivity contribution is -0.188. The Balaban J connectivity index is 2.58. The van der Waals surface area contributed by atoms with E-state index in [9.17, 15) is 9.59 Å². The van der Waals surface area contributed by atoms with Crippen molar-refractivity contribution in [1.29, 1.82) is 0 Å². The summed E-state index contributed by atoms with van der Waals surface area (Å²) in [7, 11) is 0. The lowest BCUT2D eigenvalue weighted by Crippen LogP contribution is -2.58. The number of ether oxygens (including phenoxy) is 1. The van der Waals surface area contributed by atoms with Crippen molar-refractivity contribution in [2.75, 3.05) is 11.9 Å². The Labute approximate surface area is 150 Å². The molecular formula is C20H30N2O3. The number of hydrogen-bond acceptors (Lipinski definition) is 4. The van der Waals surface area contributed by atoms with E-state index in [2.05, 4.69) is 31.0 Å². The minimum Gasteiger partial charge on any atom is -0.457 e. The Hall–Kier alpha value is -1.88. The average Bonchev–Trinajstić information content (AvgIpc) is 2.50. The van der Waals surface area contributed by atoms with Gasteiger partial charge in [-0.3, -0.25) is 9.69 Å². The van der Waals surface area contributed by atoms with E-state index in [1.807, 2.05) is 39.0 Å². The molecule has 0 radical (unpaired) electrons. The van der Waals surface area contributed by atoms with Crippen LogP contribution in [0.25, 0.3) is 0 Å². The summed E-state index contributed by atoms with van der Waals surface area (Å²) in [5.74, 6) is -0.0923. The van der Waals surface area contributed by atoms with Crippen LogP contribution in [0.5, 0.6) is 0 Å². The summed E-state index contributed by atoms with van der Waals surface area (Å²) < 4.78 is 5.75. The van der Waals surface area contributed by atoms with Crippen LogP contribution < -0.4 is 5.32 Å². The molecule has 1 amide bonds. The van der Waals surface area contributed by atoms with Crippen LogP contribution in [0.3, 0.4) is 0 Å². The normalized spacial score (nSPS) is 23.4. The molecule has 1 saturated heterocycles. The summed E-state index contributed by atoms with van der Waals surface area (Å²) in [5.41, 5.74) is 2.05. The van der Waals surface area contributed by atoms with Crippen LogP contribution in [0.4, 0.5) is 5.69 Å². The second kappa shape index (κ2) is 7.16. The van der Waals surface area contributed by atoms with Crippen molar-refractivity contribution < 1.29 is 14.3 Å². The summed E-state index contributed by atoms with van der Waals surface area (Å²) >= 11 is 0. The minimum atomic E-state index is -0.548. The molecule has 1 heterocycles. The zero-order chi connectivity index (χ0) is 18.9. The number of morpholine rings is 1. The maximum atomic E-state index is 12.9. The standard InChI is InChI=1S/C20H30N2O3/c1-8-22-13(4)20(6,7)25-19(24)18(22)16-11-15(12(2)3)9-10-17(16)21-14(5)23/h9-13,18H,8H2,1-7H3,(H,21,23). The Bertz CT molecular complexity index is 667. The molecule has 0 saturated carbocycles. The van der Waals surface area contributed by atoms with E-state index in [-0.39, 0.29) is 17.9 Å². The minimum absolute atomic E-state index is 0.0630. The molecule has 0 bridgehead atoms. The van der Waals surface area contributed by atoms with Crippen molar-refractivity contribution in [2.45, 2.75) is 72.1 Å². The fourth-order valence-electron chi connectivity index (χ4n) is 3.39. The molecule has 0 spiro atoms. The number of likely N-dealkylation sites (N-methyl/N-ethyl adjacent to an activating group) is 1. The quantitative estimate of drug-likeness (QED) is 0.841. The number of nitrogens with zero attached hydrogens (tertiary/aromatic N) is 1. The molecular weight excluding hydrogens is 316 g/mol. The van der Waals surface area contributed by atoms with Gasteiger partial charge in [0.15, 0.2) is 0 Å². The third kappa shape index (κ3) is 3.87. The van der Waals surface area contributed by atoms with Gasteiger partial charge in [0.2, 0.25) is 5.91 Å². The molecule has 1 aliphatic heterocycles. The van der Waals surface area contributed by atoms with Gasteiger partial charge in [0.25, 0.3) is 0 Å². The maximum absolute atomic E-state index is 12.9. The van der Waals surface area contributed by atoms with Crippen molar-refractivity contribution in [2.24, 2.45) is 0 Å². The van der Waals surface area contributed by atoms with Crippen LogP contribution >= 0.6 is 0 Å². The summed E-state index contributed by atoms with van der Waals surface area (Å²) in [6.45, 7) is 14.4. The van der Waals surface area contributed by atoms with E-state index in [0.717, 1.165) is 17.7 Å². The molecule has 1 fully saturated rings. The number of carbonyl (C=O) groups excluding carboxylic acids is 2. The molecule has 1 aromatic rings. The monoisotopic (exact) mass is 346 g/mol. The highest BCUT2D eigenvalue weighted by Crippen LogP contribution is 2.39. The SMILES string of the molecule is CCN1C(c2cc(C(C)C)ccc2NC(C)=O)C(=O)OC(C)(C)C1C. The first-order chi connectivity index (χ1) is 11.6. The molecule has 25 heavy (non-hydrogen) atoms. The molecule has 0 aliphatic carbocycles. The van der Waals surface area contributed by atoms with Crippen molar-refractivity contribution in [3.63, 3.8) is 0 Å². The van der Waals surface area contributed by atoms with E-state index in [1.165, 1.54) is 6.92 Å². The van der Waals surface area contributed by atoms with Crippen LogP contribution in [-0.4, -0.2) is 35.0 Å². The number of rotatable bonds is 4. The van der Waals surface area contributed by atoms with Gasteiger partial charge in [-0.05, 0) is 44.9 Å². The molecule has 138 valence electrons. The lowest BCUT2D eigenvalue weighted by Gasteiger charge is -2.48. The Morgan fingerprint density at radius 2 is 2.00 bits per heavy atom. The second-order valence-electron chi connectivity index (χ2n) is 7.62. The van der Waals surface area contributed by atoms with Crippen molar-refractivity contribution in [3.05, 3.63) is 29.3 Å². The molecule has 2 atom stereocenters. The van der Waals surface area contributed by atoms with E-state index in [4.69, 9.17) is 4.74 Å². The largest absolute Gasteiger partial charge is 0.457 e. The highest BCUT2D eigenvalue weighted by molar-refractivity contribution is 5.91. The summed E-state index contributed by atoms with van der Waals surface area (Å²) in [6.07, 6.45) is 0. The molecule has 1 aromatic carbocycles. The van der Waals surface area contributed by atoms with Crippen molar-refractivity contribution in [3.8, 4) is 0 Å². The first kappa shape index (κ1) is 19.4. The predicted octanol–water partition coefficient (Wildman–Crippen LogP) is 3.86. The highest BCUT2D eigenvalue weighted by atomic mass is 16.6. The summed E-state index contributed by atoms with van der Waals surface area (Å²) in [6, 6.07) is 5.45. The zero-order valence-electron chi connectivity index (χ0n) is 16.3. The third-order valence-electron chi connectivity index (χ3n) is 5.13. The number of amides is 1. The van der Waals surface area contributed by atoms with Crippen molar-refractivity contribution >= 4 is 17.6 Å². The van der Waals surface area contributed by atoms with E-state index in [0.29, 0.717) is 11.6 Å². The summed E-state index contributed by atoms with van der Waals surface area (Å²) in [4.78, 5) is 26.6. The molecule has 2 unspecified atom stereocenters. The number of esters is 1. The van der Waals surface area contributed by atoms with Gasteiger partial charge in [-0.15, -0.1) is 0 Å². The topological polar surface area (TPSA) is 58.6 Å². The maximum Gasteiger partial charge on any atom is 0.328 e. The molecule has 2 rings (SSSR count). The first-order valence-corrected chi connectivity index (χ1v) is 8.98. The zero-order valence-corrected chi connectivity index (χ0v) is 16.3. The molecule has 5 nitrogen and oxygen atoms in total. The number of carbonyl (C=O) groups is 2. The fraction of sp³-hybridized carbons (Fsp3) is 0.600. The van der Waals surface area contributed by atoms with Crippen LogP contribution in [0, 0.1) is 0 Å². The van der Waals surface area contributed by atoms with Crippen LogP contribution in [0.15, 0.2) is 18.2 Å². The molecule has 1 aliphatic rings. The van der Waals surface area contributed by atoms with Crippen LogP contribution in [-0.2, 0) is 14.3 Å². The van der Waals surface area contributed by atoms with Crippen LogP contribution in [0.1, 0.15) is 71.6 Å².